The smallest absolute Gasteiger partial charge is 0.397 e. The lowest BCUT2D eigenvalue weighted by atomic mass is 10.1. The van der Waals surface area contributed by atoms with Gasteiger partial charge in [-0.05, 0) is 12.1 Å². The van der Waals surface area contributed by atoms with Gasteiger partial charge in [-0.1, -0.05) is 11.6 Å². The summed E-state index contributed by atoms with van der Waals surface area (Å²) < 4.78 is 43.8. The first-order valence-corrected chi connectivity index (χ1v) is 7.41. The summed E-state index contributed by atoms with van der Waals surface area (Å²) in [5.41, 5.74) is 3.48. The predicted octanol–water partition coefficient (Wildman–Crippen LogP) is 2.00. The van der Waals surface area contributed by atoms with Crippen molar-refractivity contribution in [2.24, 2.45) is 0 Å². The Hall–Kier alpha value is -1.51. The third-order valence-electron chi connectivity index (χ3n) is 3.51. The fourth-order valence-corrected chi connectivity index (χ4v) is 2.46. The van der Waals surface area contributed by atoms with Gasteiger partial charge in [0.2, 0.25) is 0 Å². The minimum atomic E-state index is -4.67. The van der Waals surface area contributed by atoms with Gasteiger partial charge in [0.25, 0.3) is 5.91 Å². The van der Waals surface area contributed by atoms with E-state index in [9.17, 15) is 18.0 Å². The molecular formula is C14H17ClF3N3O2. The normalized spacial score (nSPS) is 16.3. The fraction of sp³-hybridized carbons (Fsp3) is 0.500. The van der Waals surface area contributed by atoms with E-state index >= 15 is 0 Å². The first-order chi connectivity index (χ1) is 10.8. The van der Waals surface area contributed by atoms with Gasteiger partial charge in [-0.2, -0.15) is 13.2 Å². The van der Waals surface area contributed by atoms with Crippen molar-refractivity contribution in [2.75, 3.05) is 45.1 Å². The topological polar surface area (TPSA) is 67.6 Å². The molecule has 9 heteroatoms. The molecular weight excluding hydrogens is 335 g/mol. The number of rotatable bonds is 4. The summed E-state index contributed by atoms with van der Waals surface area (Å²) in [5.74, 6) is -0.620. The van der Waals surface area contributed by atoms with Crippen LogP contribution in [0, 0.1) is 0 Å². The molecule has 1 aromatic rings. The molecule has 3 N–H and O–H groups in total. The SMILES string of the molecule is Nc1c(Cl)cc(C(=O)NCCN2CCOCC2)cc1C(F)(F)F. The van der Waals surface area contributed by atoms with Gasteiger partial charge in [-0.25, -0.2) is 0 Å². The van der Waals surface area contributed by atoms with Crippen LogP contribution in [0.25, 0.3) is 0 Å². The number of hydrogen-bond acceptors (Lipinski definition) is 4. The Morgan fingerprint density at radius 1 is 1.35 bits per heavy atom. The Kier molecular flexibility index (Phi) is 5.72. The lowest BCUT2D eigenvalue weighted by molar-refractivity contribution is -0.136. The van der Waals surface area contributed by atoms with Crippen molar-refractivity contribution in [1.29, 1.82) is 0 Å². The van der Waals surface area contributed by atoms with Crippen LogP contribution in [0.5, 0.6) is 0 Å². The molecule has 0 radical (unpaired) electrons. The number of anilines is 1. The van der Waals surface area contributed by atoms with Crippen molar-refractivity contribution >= 4 is 23.2 Å². The van der Waals surface area contributed by atoms with Gasteiger partial charge in [0.1, 0.15) is 0 Å². The average molecular weight is 352 g/mol. The van der Waals surface area contributed by atoms with Gasteiger partial charge in [-0.3, -0.25) is 9.69 Å². The number of nitrogens with two attached hydrogens (primary N) is 1. The number of nitrogens with one attached hydrogen (secondary N) is 1. The van der Waals surface area contributed by atoms with Gasteiger partial charge >= 0.3 is 6.18 Å². The molecule has 0 atom stereocenters. The summed E-state index contributed by atoms with van der Waals surface area (Å²) in [6.07, 6.45) is -4.67. The van der Waals surface area contributed by atoms with Crippen LogP contribution in [0.2, 0.25) is 5.02 Å². The lowest BCUT2D eigenvalue weighted by Crippen LogP contribution is -2.41. The highest BCUT2D eigenvalue weighted by Crippen LogP contribution is 2.37. The summed E-state index contributed by atoms with van der Waals surface area (Å²) in [4.78, 5) is 14.1. The molecule has 1 fully saturated rings. The van der Waals surface area contributed by atoms with Crippen molar-refractivity contribution < 1.29 is 22.7 Å². The summed E-state index contributed by atoms with van der Waals surface area (Å²) in [6.45, 7) is 3.72. The van der Waals surface area contributed by atoms with E-state index in [-0.39, 0.29) is 10.6 Å². The first-order valence-electron chi connectivity index (χ1n) is 7.03. The van der Waals surface area contributed by atoms with Crippen molar-refractivity contribution in [3.63, 3.8) is 0 Å². The standard InChI is InChI=1S/C14H17ClF3N3O2/c15-11-8-9(7-10(12(11)19)14(16,17)18)13(22)20-1-2-21-3-5-23-6-4-21/h7-8H,1-6,19H2,(H,20,22). The summed E-state index contributed by atoms with van der Waals surface area (Å²) in [6, 6.07) is 1.85. The number of nitrogen functional groups attached to an aromatic ring is 1. The van der Waals surface area contributed by atoms with Crippen LogP contribution in [0.15, 0.2) is 12.1 Å². The lowest BCUT2D eigenvalue weighted by Gasteiger charge is -2.26. The first kappa shape index (κ1) is 17.8. The zero-order valence-electron chi connectivity index (χ0n) is 12.3. The largest absolute Gasteiger partial charge is 0.418 e. The maximum absolute atomic E-state index is 12.9. The number of amides is 1. The summed E-state index contributed by atoms with van der Waals surface area (Å²) in [5, 5.41) is 2.29. The van der Waals surface area contributed by atoms with E-state index in [1.165, 1.54) is 0 Å². The van der Waals surface area contributed by atoms with E-state index in [2.05, 4.69) is 10.2 Å². The number of hydrogen-bond donors (Lipinski definition) is 2. The Bertz CT molecular complexity index is 575. The highest BCUT2D eigenvalue weighted by molar-refractivity contribution is 6.33. The monoisotopic (exact) mass is 351 g/mol. The van der Waals surface area contributed by atoms with Crippen LogP contribution in [0.4, 0.5) is 18.9 Å². The van der Waals surface area contributed by atoms with Crippen LogP contribution < -0.4 is 11.1 Å². The van der Waals surface area contributed by atoms with Crippen LogP contribution in [0.1, 0.15) is 15.9 Å². The summed E-state index contributed by atoms with van der Waals surface area (Å²) in [7, 11) is 0. The number of carbonyl (C=O) groups excluding carboxylic acids is 1. The molecule has 0 unspecified atom stereocenters. The minimum Gasteiger partial charge on any atom is -0.397 e. The van der Waals surface area contributed by atoms with Gasteiger partial charge < -0.3 is 15.8 Å². The maximum atomic E-state index is 12.9. The Labute approximate surface area is 136 Å². The van der Waals surface area contributed by atoms with Crippen molar-refractivity contribution in [3.8, 4) is 0 Å². The predicted molar refractivity (Wildman–Crippen MR) is 80.5 cm³/mol. The molecule has 0 aliphatic carbocycles. The van der Waals surface area contributed by atoms with E-state index in [0.717, 1.165) is 19.2 Å². The molecule has 1 amide bonds. The van der Waals surface area contributed by atoms with E-state index in [0.29, 0.717) is 32.4 Å². The molecule has 0 spiro atoms. The molecule has 1 heterocycles. The third-order valence-corrected chi connectivity index (χ3v) is 3.83. The number of halogens is 4. The van der Waals surface area contributed by atoms with Crippen LogP contribution in [0.3, 0.4) is 0 Å². The second-order valence-corrected chi connectivity index (χ2v) is 5.53. The molecule has 0 saturated carbocycles. The molecule has 128 valence electrons. The zero-order valence-corrected chi connectivity index (χ0v) is 13.0. The average Bonchev–Trinajstić information content (AvgIpc) is 2.49. The molecule has 2 rings (SSSR count). The number of alkyl halides is 3. The summed E-state index contributed by atoms with van der Waals surface area (Å²) >= 11 is 5.70. The van der Waals surface area contributed by atoms with Gasteiger partial charge in [0.05, 0.1) is 29.5 Å². The molecule has 23 heavy (non-hydrogen) atoms. The molecule has 5 nitrogen and oxygen atoms in total. The molecule has 0 bridgehead atoms. The van der Waals surface area contributed by atoms with E-state index in [4.69, 9.17) is 22.1 Å². The molecule has 1 saturated heterocycles. The van der Waals surface area contributed by atoms with Crippen LogP contribution in [-0.2, 0) is 10.9 Å². The van der Waals surface area contributed by atoms with E-state index < -0.39 is 23.3 Å². The maximum Gasteiger partial charge on any atom is 0.418 e. The Morgan fingerprint density at radius 3 is 2.61 bits per heavy atom. The van der Waals surface area contributed by atoms with Crippen molar-refractivity contribution in [1.82, 2.24) is 10.2 Å². The quantitative estimate of drug-likeness (QED) is 0.814. The second kappa shape index (κ2) is 7.37. The highest BCUT2D eigenvalue weighted by Gasteiger charge is 2.34. The van der Waals surface area contributed by atoms with Gasteiger partial charge in [0.15, 0.2) is 0 Å². The Morgan fingerprint density at radius 2 is 2.00 bits per heavy atom. The van der Waals surface area contributed by atoms with Gasteiger partial charge in [0, 0.05) is 31.7 Å². The number of ether oxygens (including phenoxy) is 1. The molecule has 1 aromatic carbocycles. The van der Waals surface area contributed by atoms with Crippen molar-refractivity contribution in [3.05, 3.63) is 28.3 Å². The minimum absolute atomic E-state index is 0.168. The number of carbonyl (C=O) groups is 1. The third kappa shape index (κ3) is 4.73. The fourth-order valence-electron chi connectivity index (χ4n) is 2.24. The number of morpholine rings is 1. The van der Waals surface area contributed by atoms with E-state index in [1.807, 2.05) is 0 Å². The molecule has 1 aliphatic rings. The molecule has 1 aliphatic heterocycles. The van der Waals surface area contributed by atoms with Crippen LogP contribution >= 0.6 is 11.6 Å². The zero-order chi connectivity index (χ0) is 17.0. The van der Waals surface area contributed by atoms with Gasteiger partial charge in [-0.15, -0.1) is 0 Å². The van der Waals surface area contributed by atoms with Crippen LogP contribution in [-0.4, -0.2) is 50.2 Å². The molecule has 0 aromatic heterocycles. The second-order valence-electron chi connectivity index (χ2n) is 5.13. The Balaban J connectivity index is 2.00. The number of benzene rings is 1. The highest BCUT2D eigenvalue weighted by atomic mass is 35.5. The number of nitrogens with zero attached hydrogens (tertiary/aromatic N) is 1. The van der Waals surface area contributed by atoms with Crippen molar-refractivity contribution in [2.45, 2.75) is 6.18 Å². The van der Waals surface area contributed by atoms with E-state index in [1.54, 1.807) is 0 Å².